The van der Waals surface area contributed by atoms with Gasteiger partial charge in [0.25, 0.3) is 0 Å². The van der Waals surface area contributed by atoms with Crippen molar-refractivity contribution in [2.24, 2.45) is 5.92 Å². The second kappa shape index (κ2) is 7.71. The van der Waals surface area contributed by atoms with Gasteiger partial charge in [0.1, 0.15) is 0 Å². The number of amides is 1. The lowest BCUT2D eigenvalue weighted by Gasteiger charge is -2.27. The predicted molar refractivity (Wildman–Crippen MR) is 98.2 cm³/mol. The van der Waals surface area contributed by atoms with Gasteiger partial charge in [-0.1, -0.05) is 26.0 Å². The van der Waals surface area contributed by atoms with Crippen LogP contribution in [0.3, 0.4) is 0 Å². The first kappa shape index (κ1) is 16.8. The summed E-state index contributed by atoms with van der Waals surface area (Å²) in [5.41, 5.74) is 1.11. The van der Waals surface area contributed by atoms with Crippen LogP contribution < -0.4 is 4.90 Å². The Hall–Kier alpha value is -1.00. The molecule has 1 aromatic carbocycles. The SMILES string of the molecule is CCCN(CC(=O)N1CCC(C)Sc2ccccc21)CC1CC1. The van der Waals surface area contributed by atoms with E-state index in [2.05, 4.69) is 36.9 Å². The first-order chi connectivity index (χ1) is 11.2. The van der Waals surface area contributed by atoms with Gasteiger partial charge in [0.05, 0.1) is 12.2 Å². The van der Waals surface area contributed by atoms with Gasteiger partial charge in [-0.15, -0.1) is 11.8 Å². The Morgan fingerprint density at radius 1 is 1.30 bits per heavy atom. The summed E-state index contributed by atoms with van der Waals surface area (Å²) in [5, 5.41) is 0.562. The van der Waals surface area contributed by atoms with Crippen molar-refractivity contribution in [3.05, 3.63) is 24.3 Å². The minimum atomic E-state index is 0.265. The number of hydrogen-bond acceptors (Lipinski definition) is 3. The van der Waals surface area contributed by atoms with Crippen LogP contribution in [0.25, 0.3) is 0 Å². The first-order valence-electron chi connectivity index (χ1n) is 8.95. The highest BCUT2D eigenvalue weighted by molar-refractivity contribution is 8.00. The van der Waals surface area contributed by atoms with Crippen LogP contribution in [0.4, 0.5) is 5.69 Å². The van der Waals surface area contributed by atoms with Crippen molar-refractivity contribution in [3.8, 4) is 0 Å². The summed E-state index contributed by atoms with van der Waals surface area (Å²) >= 11 is 1.90. The summed E-state index contributed by atoms with van der Waals surface area (Å²) in [6.45, 7) is 7.99. The van der Waals surface area contributed by atoms with E-state index in [1.165, 1.54) is 17.7 Å². The number of benzene rings is 1. The molecule has 1 atom stereocenters. The Labute approximate surface area is 144 Å². The Morgan fingerprint density at radius 2 is 2.09 bits per heavy atom. The van der Waals surface area contributed by atoms with Crippen molar-refractivity contribution in [2.75, 3.05) is 31.1 Å². The van der Waals surface area contributed by atoms with Crippen LogP contribution in [0.2, 0.25) is 0 Å². The molecule has 1 saturated carbocycles. The zero-order valence-electron chi connectivity index (χ0n) is 14.3. The molecule has 3 rings (SSSR count). The highest BCUT2D eigenvalue weighted by atomic mass is 32.2. The number of carbonyl (C=O) groups excluding carboxylic acids is 1. The van der Waals surface area contributed by atoms with Crippen LogP contribution in [0.1, 0.15) is 39.5 Å². The fourth-order valence-electron chi connectivity index (χ4n) is 3.24. The van der Waals surface area contributed by atoms with Crippen LogP contribution in [0.15, 0.2) is 29.2 Å². The summed E-state index contributed by atoms with van der Waals surface area (Å²) in [6, 6.07) is 8.37. The van der Waals surface area contributed by atoms with E-state index in [1.54, 1.807) is 0 Å². The highest BCUT2D eigenvalue weighted by Gasteiger charge is 2.28. The number of thioether (sulfide) groups is 1. The Bertz CT molecular complexity index is 544. The number of rotatable bonds is 6. The number of nitrogens with zero attached hydrogens (tertiary/aromatic N) is 2. The van der Waals surface area contributed by atoms with E-state index >= 15 is 0 Å². The van der Waals surface area contributed by atoms with Crippen molar-refractivity contribution in [1.82, 2.24) is 4.90 Å². The van der Waals surface area contributed by atoms with Crippen molar-refractivity contribution in [2.45, 2.75) is 49.7 Å². The summed E-state index contributed by atoms with van der Waals surface area (Å²) < 4.78 is 0. The van der Waals surface area contributed by atoms with E-state index in [9.17, 15) is 4.79 Å². The molecule has 0 spiro atoms. The zero-order valence-corrected chi connectivity index (χ0v) is 15.1. The molecular weight excluding hydrogens is 304 g/mol. The van der Waals surface area contributed by atoms with Crippen LogP contribution in [-0.2, 0) is 4.79 Å². The fraction of sp³-hybridized carbons (Fsp3) is 0.632. The topological polar surface area (TPSA) is 23.6 Å². The summed E-state index contributed by atoms with van der Waals surface area (Å²) in [6.07, 6.45) is 4.86. The zero-order chi connectivity index (χ0) is 16.2. The molecule has 126 valence electrons. The molecule has 1 heterocycles. The molecule has 0 N–H and O–H groups in total. The van der Waals surface area contributed by atoms with Gasteiger partial charge in [0.15, 0.2) is 0 Å². The molecule has 0 aromatic heterocycles. The lowest BCUT2D eigenvalue weighted by molar-refractivity contribution is -0.119. The number of para-hydroxylation sites is 1. The smallest absolute Gasteiger partial charge is 0.241 e. The Balaban J connectivity index is 1.72. The third-order valence-electron chi connectivity index (χ3n) is 4.66. The Morgan fingerprint density at radius 3 is 2.83 bits per heavy atom. The lowest BCUT2D eigenvalue weighted by Crippen LogP contribution is -2.42. The molecule has 1 aliphatic heterocycles. The van der Waals surface area contributed by atoms with Crippen molar-refractivity contribution in [3.63, 3.8) is 0 Å². The molecule has 1 fully saturated rings. The molecule has 1 unspecified atom stereocenters. The third-order valence-corrected chi connectivity index (χ3v) is 5.89. The molecule has 1 aromatic rings. The van der Waals surface area contributed by atoms with Gasteiger partial charge in [-0.3, -0.25) is 9.69 Å². The van der Waals surface area contributed by atoms with Gasteiger partial charge < -0.3 is 4.90 Å². The van der Waals surface area contributed by atoms with Crippen LogP contribution >= 0.6 is 11.8 Å². The van der Waals surface area contributed by atoms with Gasteiger partial charge in [-0.2, -0.15) is 0 Å². The molecule has 23 heavy (non-hydrogen) atoms. The lowest BCUT2D eigenvalue weighted by atomic mass is 10.2. The summed E-state index contributed by atoms with van der Waals surface area (Å²) in [5.74, 6) is 1.10. The van der Waals surface area contributed by atoms with Crippen molar-refractivity contribution < 1.29 is 4.79 Å². The minimum absolute atomic E-state index is 0.265. The number of fused-ring (bicyclic) bond motifs is 1. The normalized spacial score (nSPS) is 21.2. The van der Waals surface area contributed by atoms with Gasteiger partial charge in [-0.05, 0) is 50.3 Å². The summed E-state index contributed by atoms with van der Waals surface area (Å²) in [4.78, 5) is 18.6. The second-order valence-electron chi connectivity index (χ2n) is 6.91. The average Bonchev–Trinajstić information content (AvgIpc) is 3.33. The van der Waals surface area contributed by atoms with Gasteiger partial charge in [0, 0.05) is 23.2 Å². The molecule has 3 nitrogen and oxygen atoms in total. The second-order valence-corrected chi connectivity index (χ2v) is 8.39. The maximum atomic E-state index is 13.0. The molecule has 0 bridgehead atoms. The Kier molecular flexibility index (Phi) is 5.65. The molecule has 1 amide bonds. The van der Waals surface area contributed by atoms with Crippen LogP contribution in [0.5, 0.6) is 0 Å². The van der Waals surface area contributed by atoms with E-state index in [-0.39, 0.29) is 5.91 Å². The molecule has 0 saturated heterocycles. The molecule has 1 aliphatic carbocycles. The predicted octanol–water partition coefficient (Wildman–Crippen LogP) is 4.03. The number of carbonyl (C=O) groups is 1. The van der Waals surface area contributed by atoms with Crippen molar-refractivity contribution >= 4 is 23.4 Å². The van der Waals surface area contributed by atoms with Gasteiger partial charge in [-0.25, -0.2) is 0 Å². The third kappa shape index (κ3) is 4.51. The highest BCUT2D eigenvalue weighted by Crippen LogP contribution is 2.37. The van der Waals surface area contributed by atoms with Gasteiger partial charge in [0.2, 0.25) is 5.91 Å². The molecule has 2 aliphatic rings. The minimum Gasteiger partial charge on any atom is -0.310 e. The van der Waals surface area contributed by atoms with E-state index < -0.39 is 0 Å². The van der Waals surface area contributed by atoms with E-state index in [0.29, 0.717) is 11.8 Å². The largest absolute Gasteiger partial charge is 0.310 e. The van der Waals surface area contributed by atoms with E-state index in [1.807, 2.05) is 22.7 Å². The molecular formula is C19H28N2OS. The monoisotopic (exact) mass is 332 g/mol. The fourth-order valence-corrected chi connectivity index (χ4v) is 4.35. The first-order valence-corrected chi connectivity index (χ1v) is 9.83. The van der Waals surface area contributed by atoms with Gasteiger partial charge >= 0.3 is 0 Å². The van der Waals surface area contributed by atoms with E-state index in [4.69, 9.17) is 0 Å². The number of hydrogen-bond donors (Lipinski definition) is 0. The molecule has 0 radical (unpaired) electrons. The maximum absolute atomic E-state index is 13.0. The standard InChI is InChI=1S/C19H28N2OS/c1-3-11-20(13-16-8-9-16)14-19(22)21-12-10-15(2)23-18-7-5-4-6-17(18)21/h4-7,15-16H,3,8-14H2,1-2H3. The molecule has 4 heteroatoms. The number of anilines is 1. The average molecular weight is 333 g/mol. The van der Waals surface area contributed by atoms with Crippen molar-refractivity contribution in [1.29, 1.82) is 0 Å². The van der Waals surface area contributed by atoms with E-state index in [0.717, 1.165) is 44.1 Å². The quantitative estimate of drug-likeness (QED) is 0.786. The van der Waals surface area contributed by atoms with Crippen LogP contribution in [-0.4, -0.2) is 42.2 Å². The summed E-state index contributed by atoms with van der Waals surface area (Å²) in [7, 11) is 0. The maximum Gasteiger partial charge on any atom is 0.241 e. The van der Waals surface area contributed by atoms with Crippen LogP contribution in [0, 0.1) is 5.92 Å².